The lowest BCUT2D eigenvalue weighted by Gasteiger charge is -2.14. The van der Waals surface area contributed by atoms with Crippen molar-refractivity contribution in [2.45, 2.75) is 19.4 Å². The average Bonchev–Trinajstić information content (AvgIpc) is 2.62. The molecule has 0 spiro atoms. The quantitative estimate of drug-likeness (QED) is 0.579. The molecular formula is C20H23N2O2+. The van der Waals surface area contributed by atoms with Gasteiger partial charge in [0.1, 0.15) is 17.5 Å². The predicted octanol–water partition coefficient (Wildman–Crippen LogP) is 2.66. The third-order valence-corrected chi connectivity index (χ3v) is 3.82. The average molecular weight is 323 g/mol. The highest BCUT2D eigenvalue weighted by Gasteiger charge is 2.13. The van der Waals surface area contributed by atoms with Crippen LogP contribution in [0.3, 0.4) is 0 Å². The maximum atomic E-state index is 10.8. The SMILES string of the molecule is COc1ccc(C/C(=C/C(=N)C=O)[NH2+]C(C)c2ccccc2)cc1. The van der Waals surface area contributed by atoms with Crippen LogP contribution in [-0.2, 0) is 11.2 Å². The molecule has 0 aliphatic heterocycles. The summed E-state index contributed by atoms with van der Waals surface area (Å²) < 4.78 is 5.18. The van der Waals surface area contributed by atoms with Crippen molar-refractivity contribution in [3.05, 3.63) is 77.5 Å². The number of carbonyl (C=O) groups excluding carboxylic acids is 1. The maximum Gasteiger partial charge on any atom is 0.167 e. The summed E-state index contributed by atoms with van der Waals surface area (Å²) in [6, 6.07) is 18.2. The summed E-state index contributed by atoms with van der Waals surface area (Å²) in [5, 5.41) is 9.77. The Hall–Kier alpha value is -2.72. The number of hydrogen-bond acceptors (Lipinski definition) is 3. The van der Waals surface area contributed by atoms with Gasteiger partial charge < -0.3 is 10.1 Å². The molecule has 0 aliphatic carbocycles. The van der Waals surface area contributed by atoms with E-state index in [1.165, 1.54) is 5.56 Å². The van der Waals surface area contributed by atoms with Gasteiger partial charge in [-0.1, -0.05) is 42.5 Å². The second-order valence-corrected chi connectivity index (χ2v) is 5.68. The van der Waals surface area contributed by atoms with Gasteiger partial charge in [-0.15, -0.1) is 0 Å². The zero-order valence-corrected chi connectivity index (χ0v) is 14.0. The molecule has 2 rings (SSSR count). The van der Waals surface area contributed by atoms with Crippen LogP contribution in [0.15, 0.2) is 66.4 Å². The molecule has 0 aliphatic rings. The Morgan fingerprint density at radius 2 is 1.83 bits per heavy atom. The van der Waals surface area contributed by atoms with Gasteiger partial charge in [0, 0.05) is 18.1 Å². The van der Waals surface area contributed by atoms with Crippen molar-refractivity contribution in [2.75, 3.05) is 7.11 Å². The van der Waals surface area contributed by atoms with Crippen LogP contribution in [0.1, 0.15) is 24.1 Å². The molecule has 0 aromatic heterocycles. The van der Waals surface area contributed by atoms with Crippen LogP contribution in [0.25, 0.3) is 0 Å². The maximum absolute atomic E-state index is 10.8. The van der Waals surface area contributed by atoms with E-state index in [9.17, 15) is 4.79 Å². The van der Waals surface area contributed by atoms with E-state index < -0.39 is 0 Å². The molecule has 1 atom stereocenters. The third-order valence-electron chi connectivity index (χ3n) is 3.82. The summed E-state index contributed by atoms with van der Waals surface area (Å²) in [6.45, 7) is 2.11. The first-order valence-electron chi connectivity index (χ1n) is 7.89. The molecule has 0 bridgehead atoms. The number of allylic oxidation sites excluding steroid dienone is 2. The highest BCUT2D eigenvalue weighted by molar-refractivity contribution is 6.32. The Kier molecular flexibility index (Phi) is 6.46. The largest absolute Gasteiger partial charge is 0.497 e. The van der Waals surface area contributed by atoms with Gasteiger partial charge in [-0.3, -0.25) is 10.2 Å². The second-order valence-electron chi connectivity index (χ2n) is 5.68. The third kappa shape index (κ3) is 5.18. The minimum atomic E-state index is -0.0185. The normalized spacial score (nSPS) is 12.5. The molecule has 0 heterocycles. The Balaban J connectivity index is 2.16. The molecule has 0 amide bonds. The van der Waals surface area contributed by atoms with E-state index in [2.05, 4.69) is 24.4 Å². The zero-order valence-electron chi connectivity index (χ0n) is 14.0. The van der Waals surface area contributed by atoms with Gasteiger partial charge in [0.25, 0.3) is 0 Å². The summed E-state index contributed by atoms with van der Waals surface area (Å²) in [4.78, 5) is 10.8. The molecule has 0 saturated heterocycles. The number of nitrogens with one attached hydrogen (secondary N) is 1. The highest BCUT2D eigenvalue weighted by atomic mass is 16.5. The van der Waals surface area contributed by atoms with Crippen molar-refractivity contribution in [1.82, 2.24) is 0 Å². The van der Waals surface area contributed by atoms with E-state index in [1.54, 1.807) is 13.2 Å². The molecule has 0 fully saturated rings. The van der Waals surface area contributed by atoms with Crippen LogP contribution in [-0.4, -0.2) is 19.1 Å². The van der Waals surface area contributed by atoms with Crippen molar-refractivity contribution in [3.63, 3.8) is 0 Å². The highest BCUT2D eigenvalue weighted by Crippen LogP contribution is 2.14. The molecule has 4 nitrogen and oxygen atoms in total. The van der Waals surface area contributed by atoms with Crippen LogP contribution in [0, 0.1) is 5.41 Å². The number of methoxy groups -OCH3 is 1. The Morgan fingerprint density at radius 1 is 1.17 bits per heavy atom. The summed E-state index contributed by atoms with van der Waals surface area (Å²) in [5.74, 6) is 0.812. The van der Waals surface area contributed by atoms with Crippen molar-refractivity contribution >= 4 is 12.0 Å². The standard InChI is InChI=1S/C20H22N2O2/c1-15(17-6-4-3-5-7-17)22-19(13-18(21)14-23)12-16-8-10-20(24-2)11-9-16/h3-11,13-15,21-22H,12H2,1-2H3/p+1/b19-13-,21-18?. The first-order chi connectivity index (χ1) is 11.6. The van der Waals surface area contributed by atoms with Crippen LogP contribution in [0.5, 0.6) is 5.75 Å². The minimum Gasteiger partial charge on any atom is -0.497 e. The van der Waals surface area contributed by atoms with Gasteiger partial charge in [0.05, 0.1) is 12.8 Å². The van der Waals surface area contributed by atoms with E-state index >= 15 is 0 Å². The lowest BCUT2D eigenvalue weighted by molar-refractivity contribution is -0.648. The van der Waals surface area contributed by atoms with Gasteiger partial charge in [-0.25, -0.2) is 0 Å². The van der Waals surface area contributed by atoms with Crippen LogP contribution in [0.4, 0.5) is 0 Å². The van der Waals surface area contributed by atoms with Crippen molar-refractivity contribution in [2.24, 2.45) is 0 Å². The fourth-order valence-corrected chi connectivity index (χ4v) is 2.54. The number of carbonyl (C=O) groups is 1. The summed E-state index contributed by atoms with van der Waals surface area (Å²) in [6.07, 6.45) is 2.86. The second kappa shape index (κ2) is 8.79. The van der Waals surface area contributed by atoms with Crippen molar-refractivity contribution in [1.29, 1.82) is 5.41 Å². The smallest absolute Gasteiger partial charge is 0.167 e. The number of nitrogens with two attached hydrogens (primary N) is 1. The number of benzene rings is 2. The molecule has 1 unspecified atom stereocenters. The number of aldehydes is 1. The van der Waals surface area contributed by atoms with E-state index in [4.69, 9.17) is 10.1 Å². The molecule has 124 valence electrons. The van der Waals surface area contributed by atoms with Crippen LogP contribution in [0.2, 0.25) is 0 Å². The Labute approximate surface area is 142 Å². The van der Waals surface area contributed by atoms with Crippen molar-refractivity contribution in [3.8, 4) is 5.75 Å². The Morgan fingerprint density at radius 3 is 2.42 bits per heavy atom. The molecule has 0 saturated carbocycles. The van der Waals surface area contributed by atoms with Crippen molar-refractivity contribution < 1.29 is 14.8 Å². The van der Waals surface area contributed by atoms with Crippen LogP contribution >= 0.6 is 0 Å². The fourth-order valence-electron chi connectivity index (χ4n) is 2.54. The van der Waals surface area contributed by atoms with Gasteiger partial charge in [0.2, 0.25) is 0 Å². The van der Waals surface area contributed by atoms with E-state index in [0.717, 1.165) is 17.0 Å². The number of hydrogen-bond donors (Lipinski definition) is 2. The number of ether oxygens (including phenoxy) is 1. The lowest BCUT2D eigenvalue weighted by atomic mass is 10.1. The molecule has 24 heavy (non-hydrogen) atoms. The Bertz CT molecular complexity index is 706. The molecule has 2 aromatic rings. The fraction of sp³-hybridized carbons (Fsp3) is 0.200. The van der Waals surface area contributed by atoms with E-state index in [-0.39, 0.29) is 11.8 Å². The number of quaternary nitrogens is 1. The first kappa shape index (κ1) is 17.6. The molecular weight excluding hydrogens is 300 g/mol. The summed E-state index contributed by atoms with van der Waals surface area (Å²) >= 11 is 0. The zero-order chi connectivity index (χ0) is 17.4. The topological polar surface area (TPSA) is 66.8 Å². The van der Waals surface area contributed by atoms with Gasteiger partial charge in [0.15, 0.2) is 6.29 Å². The summed E-state index contributed by atoms with van der Waals surface area (Å²) in [7, 11) is 1.64. The van der Waals surface area contributed by atoms with Gasteiger partial charge in [-0.05, 0) is 24.6 Å². The van der Waals surface area contributed by atoms with Crippen LogP contribution < -0.4 is 10.1 Å². The summed E-state index contributed by atoms with van der Waals surface area (Å²) in [5.41, 5.74) is 3.25. The molecule has 0 radical (unpaired) electrons. The van der Waals surface area contributed by atoms with Gasteiger partial charge in [-0.2, -0.15) is 0 Å². The van der Waals surface area contributed by atoms with E-state index in [1.807, 2.05) is 42.5 Å². The predicted molar refractivity (Wildman–Crippen MR) is 95.4 cm³/mol. The monoisotopic (exact) mass is 323 g/mol. The van der Waals surface area contributed by atoms with Gasteiger partial charge >= 0.3 is 0 Å². The lowest BCUT2D eigenvalue weighted by Crippen LogP contribution is -2.83. The molecule has 2 aromatic carbocycles. The molecule has 4 heteroatoms. The first-order valence-corrected chi connectivity index (χ1v) is 7.89. The minimum absolute atomic E-state index is 0.0185. The molecule has 3 N–H and O–H groups in total. The van der Waals surface area contributed by atoms with E-state index in [0.29, 0.717) is 12.7 Å². The number of rotatable bonds is 8.